The van der Waals surface area contributed by atoms with Crippen molar-refractivity contribution in [3.05, 3.63) is 96.1 Å². The number of rotatable bonds is 4. The zero-order chi connectivity index (χ0) is 19.8. The number of halogens is 1. The summed E-state index contributed by atoms with van der Waals surface area (Å²) >= 11 is 0. The van der Waals surface area contributed by atoms with Crippen LogP contribution in [-0.2, 0) is 11.3 Å². The van der Waals surface area contributed by atoms with E-state index in [9.17, 15) is 9.18 Å². The molecule has 0 spiro atoms. The van der Waals surface area contributed by atoms with E-state index in [-0.39, 0.29) is 17.6 Å². The Morgan fingerprint density at radius 1 is 0.931 bits per heavy atom. The maximum Gasteiger partial charge on any atom is 0.227 e. The molecule has 0 unspecified atom stereocenters. The van der Waals surface area contributed by atoms with E-state index in [1.54, 1.807) is 12.1 Å². The molecule has 4 aromatic rings. The van der Waals surface area contributed by atoms with Gasteiger partial charge in [-0.15, -0.1) is 0 Å². The molecule has 3 aromatic carbocycles. The van der Waals surface area contributed by atoms with Gasteiger partial charge in [0.1, 0.15) is 11.6 Å². The molecule has 29 heavy (non-hydrogen) atoms. The highest BCUT2D eigenvalue weighted by atomic mass is 19.1. The number of hydrogen-bond acceptors (Lipinski definition) is 2. The molecule has 1 atom stereocenters. The first-order valence-electron chi connectivity index (χ1n) is 9.74. The lowest BCUT2D eigenvalue weighted by atomic mass is 10.1. The second kappa shape index (κ2) is 7.17. The molecule has 0 aliphatic carbocycles. The summed E-state index contributed by atoms with van der Waals surface area (Å²) in [6.07, 6.45) is 0.432. The zero-order valence-electron chi connectivity index (χ0n) is 15.8. The Bertz CT molecular complexity index is 1170. The predicted molar refractivity (Wildman–Crippen MR) is 111 cm³/mol. The Morgan fingerprint density at radius 3 is 2.45 bits per heavy atom. The SMILES string of the molecule is O=C1C[C@@H](c2nc3ccccc3n2Cc2ccc(F)cc2)CN1c1ccccc1. The van der Waals surface area contributed by atoms with Gasteiger partial charge in [0, 0.05) is 31.1 Å². The van der Waals surface area contributed by atoms with Gasteiger partial charge in [0.2, 0.25) is 5.91 Å². The number of carbonyl (C=O) groups excluding carboxylic acids is 1. The van der Waals surface area contributed by atoms with Crippen LogP contribution in [0.3, 0.4) is 0 Å². The van der Waals surface area contributed by atoms with Gasteiger partial charge in [0.05, 0.1) is 11.0 Å². The van der Waals surface area contributed by atoms with Crippen molar-refractivity contribution in [3.63, 3.8) is 0 Å². The number of aromatic nitrogens is 2. The summed E-state index contributed by atoms with van der Waals surface area (Å²) < 4.78 is 15.5. The number of amides is 1. The normalized spacial score (nSPS) is 16.7. The van der Waals surface area contributed by atoms with Crippen LogP contribution in [0.15, 0.2) is 78.9 Å². The summed E-state index contributed by atoms with van der Waals surface area (Å²) in [7, 11) is 0. The van der Waals surface area contributed by atoms with Crippen LogP contribution in [0.2, 0.25) is 0 Å². The third-order valence-corrected chi connectivity index (χ3v) is 5.50. The van der Waals surface area contributed by atoms with Crippen molar-refractivity contribution in [2.24, 2.45) is 0 Å². The van der Waals surface area contributed by atoms with Crippen molar-refractivity contribution in [3.8, 4) is 0 Å². The lowest BCUT2D eigenvalue weighted by molar-refractivity contribution is -0.117. The van der Waals surface area contributed by atoms with E-state index in [1.165, 1.54) is 12.1 Å². The van der Waals surface area contributed by atoms with Gasteiger partial charge in [0.15, 0.2) is 0 Å². The molecular formula is C24H20FN3O. The van der Waals surface area contributed by atoms with Gasteiger partial charge in [-0.2, -0.15) is 0 Å². The van der Waals surface area contributed by atoms with E-state index in [1.807, 2.05) is 59.5 Å². The highest BCUT2D eigenvalue weighted by molar-refractivity contribution is 5.96. The van der Waals surface area contributed by atoms with Crippen LogP contribution in [0.25, 0.3) is 11.0 Å². The van der Waals surface area contributed by atoms with Gasteiger partial charge in [-0.3, -0.25) is 4.79 Å². The van der Waals surface area contributed by atoms with Gasteiger partial charge < -0.3 is 9.47 Å². The average Bonchev–Trinajstić information content (AvgIpc) is 3.31. The van der Waals surface area contributed by atoms with E-state index >= 15 is 0 Å². The molecule has 1 saturated heterocycles. The summed E-state index contributed by atoms with van der Waals surface area (Å²) in [4.78, 5) is 19.4. The maximum atomic E-state index is 13.3. The number of carbonyl (C=O) groups is 1. The van der Waals surface area contributed by atoms with Crippen LogP contribution in [0.5, 0.6) is 0 Å². The molecule has 5 rings (SSSR count). The topological polar surface area (TPSA) is 38.1 Å². The number of fused-ring (bicyclic) bond motifs is 1. The van der Waals surface area contributed by atoms with E-state index in [0.717, 1.165) is 28.1 Å². The zero-order valence-corrected chi connectivity index (χ0v) is 15.8. The second-order valence-electron chi connectivity index (χ2n) is 7.41. The lowest BCUT2D eigenvalue weighted by Crippen LogP contribution is -2.24. The Morgan fingerprint density at radius 2 is 1.66 bits per heavy atom. The Hall–Kier alpha value is -3.47. The van der Waals surface area contributed by atoms with Gasteiger partial charge in [-0.1, -0.05) is 42.5 Å². The molecule has 0 radical (unpaired) electrons. The largest absolute Gasteiger partial charge is 0.323 e. The summed E-state index contributed by atoms with van der Waals surface area (Å²) in [5.74, 6) is 0.781. The molecule has 1 amide bonds. The van der Waals surface area contributed by atoms with Crippen LogP contribution >= 0.6 is 0 Å². The first-order chi connectivity index (χ1) is 14.2. The number of nitrogens with zero attached hydrogens (tertiary/aromatic N) is 3. The van der Waals surface area contributed by atoms with Crippen molar-refractivity contribution < 1.29 is 9.18 Å². The minimum absolute atomic E-state index is 0.00977. The Labute approximate surface area is 168 Å². The summed E-state index contributed by atoms with van der Waals surface area (Å²) in [6.45, 7) is 1.20. The molecule has 4 nitrogen and oxygen atoms in total. The maximum absolute atomic E-state index is 13.3. The molecular weight excluding hydrogens is 365 g/mol. The van der Waals surface area contributed by atoms with Crippen molar-refractivity contribution >= 4 is 22.6 Å². The van der Waals surface area contributed by atoms with E-state index in [4.69, 9.17) is 4.98 Å². The van der Waals surface area contributed by atoms with Crippen LogP contribution in [0.1, 0.15) is 23.7 Å². The highest BCUT2D eigenvalue weighted by Crippen LogP contribution is 2.33. The minimum Gasteiger partial charge on any atom is -0.323 e. The van der Waals surface area contributed by atoms with E-state index < -0.39 is 0 Å². The Kier molecular flexibility index (Phi) is 4.35. The average molecular weight is 385 g/mol. The predicted octanol–water partition coefficient (Wildman–Crippen LogP) is 4.74. The third-order valence-electron chi connectivity index (χ3n) is 5.50. The molecule has 2 heterocycles. The van der Waals surface area contributed by atoms with Crippen molar-refractivity contribution in [2.75, 3.05) is 11.4 Å². The van der Waals surface area contributed by atoms with Crippen molar-refractivity contribution in [2.45, 2.75) is 18.9 Å². The number of hydrogen-bond donors (Lipinski definition) is 0. The number of imidazole rings is 1. The van der Waals surface area contributed by atoms with Crippen LogP contribution in [0.4, 0.5) is 10.1 Å². The van der Waals surface area contributed by atoms with E-state index in [0.29, 0.717) is 19.5 Å². The summed E-state index contributed by atoms with van der Waals surface area (Å²) in [5, 5.41) is 0. The monoisotopic (exact) mass is 385 g/mol. The number of benzene rings is 3. The standard InChI is InChI=1S/C24H20FN3O/c25-19-12-10-17(11-13-19)15-28-22-9-5-4-8-21(22)26-24(28)18-14-23(29)27(16-18)20-6-2-1-3-7-20/h1-13,18H,14-16H2/t18-/m1/s1. The van der Waals surface area contributed by atoms with Gasteiger partial charge in [-0.25, -0.2) is 9.37 Å². The first kappa shape index (κ1) is 17.6. The third kappa shape index (κ3) is 3.29. The number of para-hydroxylation sites is 3. The van der Waals surface area contributed by atoms with Crippen LogP contribution in [-0.4, -0.2) is 22.0 Å². The molecule has 0 N–H and O–H groups in total. The van der Waals surface area contributed by atoms with Gasteiger partial charge in [0.25, 0.3) is 0 Å². The summed E-state index contributed by atoms with van der Waals surface area (Å²) in [5.41, 5.74) is 3.86. The van der Waals surface area contributed by atoms with Gasteiger partial charge in [-0.05, 0) is 42.0 Å². The summed E-state index contributed by atoms with van der Waals surface area (Å²) in [6, 6.07) is 24.3. The van der Waals surface area contributed by atoms with Crippen LogP contribution in [0, 0.1) is 5.82 Å². The molecule has 1 aliphatic rings. The number of anilines is 1. The highest BCUT2D eigenvalue weighted by Gasteiger charge is 2.34. The minimum atomic E-state index is -0.246. The molecule has 0 saturated carbocycles. The fourth-order valence-corrected chi connectivity index (χ4v) is 4.08. The lowest BCUT2D eigenvalue weighted by Gasteiger charge is -2.17. The fourth-order valence-electron chi connectivity index (χ4n) is 4.08. The molecule has 5 heteroatoms. The molecule has 1 fully saturated rings. The van der Waals surface area contributed by atoms with E-state index in [2.05, 4.69) is 4.57 Å². The Balaban J connectivity index is 1.53. The molecule has 144 valence electrons. The second-order valence-corrected chi connectivity index (χ2v) is 7.41. The van der Waals surface area contributed by atoms with Crippen molar-refractivity contribution in [1.82, 2.24) is 9.55 Å². The van der Waals surface area contributed by atoms with Gasteiger partial charge >= 0.3 is 0 Å². The van der Waals surface area contributed by atoms with Crippen LogP contribution < -0.4 is 4.90 Å². The van der Waals surface area contributed by atoms with Crippen molar-refractivity contribution in [1.29, 1.82) is 0 Å². The smallest absolute Gasteiger partial charge is 0.227 e. The molecule has 1 aromatic heterocycles. The molecule has 0 bridgehead atoms. The quantitative estimate of drug-likeness (QED) is 0.509. The fraction of sp³-hybridized carbons (Fsp3) is 0.167. The molecule has 1 aliphatic heterocycles. The first-order valence-corrected chi connectivity index (χ1v) is 9.74.